The lowest BCUT2D eigenvalue weighted by Gasteiger charge is -2.37. The first-order valence-corrected chi connectivity index (χ1v) is 13.5. The lowest BCUT2D eigenvalue weighted by Crippen LogP contribution is -2.38. The summed E-state index contributed by atoms with van der Waals surface area (Å²) in [6.45, 7) is 0.587. The van der Waals surface area contributed by atoms with E-state index in [2.05, 4.69) is 41.1 Å². The van der Waals surface area contributed by atoms with E-state index in [4.69, 9.17) is 20.3 Å². The third-order valence-corrected chi connectivity index (χ3v) is 7.35. The summed E-state index contributed by atoms with van der Waals surface area (Å²) in [5, 5.41) is 6.18. The van der Waals surface area contributed by atoms with Crippen LogP contribution in [0.2, 0.25) is 0 Å². The van der Waals surface area contributed by atoms with Crippen molar-refractivity contribution in [3.05, 3.63) is 150 Å². The van der Waals surface area contributed by atoms with Crippen LogP contribution in [0.1, 0.15) is 16.7 Å². The van der Waals surface area contributed by atoms with E-state index in [0.29, 0.717) is 18.0 Å². The fourth-order valence-electron chi connectivity index (χ4n) is 5.51. The average molecular weight is 544 g/mol. The number of nitrogen functional groups attached to an aromatic ring is 1. The Hall–Kier alpha value is -4.94. The van der Waals surface area contributed by atoms with Crippen molar-refractivity contribution in [1.29, 1.82) is 0 Å². The van der Waals surface area contributed by atoms with E-state index in [1.54, 1.807) is 19.2 Å². The van der Waals surface area contributed by atoms with Gasteiger partial charge in [-0.1, -0.05) is 91.0 Å². The fraction of sp³-hybridized carbons (Fsp3) is 0.114. The summed E-state index contributed by atoms with van der Waals surface area (Å²) in [6, 6.07) is 41.7. The minimum atomic E-state index is -0.825. The molecule has 6 heteroatoms. The number of fused-ring (bicyclic) bond motifs is 1. The molecule has 41 heavy (non-hydrogen) atoms. The molecular weight excluding hydrogens is 513 g/mol. The molecule has 0 aliphatic rings. The summed E-state index contributed by atoms with van der Waals surface area (Å²) in [5.74, 6) is -0.299. The summed E-state index contributed by atoms with van der Waals surface area (Å²) in [4.78, 5) is 0. The number of benzene rings is 5. The first-order chi connectivity index (χ1) is 20.1. The molecule has 0 atom stereocenters. The van der Waals surface area contributed by atoms with Gasteiger partial charge in [0.1, 0.15) is 17.8 Å². The minimum Gasteiger partial charge on any atom is -0.488 e. The van der Waals surface area contributed by atoms with Crippen LogP contribution >= 0.6 is 0 Å². The highest BCUT2D eigenvalue weighted by Crippen LogP contribution is 2.44. The second-order valence-electron chi connectivity index (χ2n) is 9.83. The number of nitrogens with zero attached hydrogens (tertiary/aromatic N) is 2. The number of rotatable bonds is 9. The lowest BCUT2D eigenvalue weighted by molar-refractivity contribution is 0.144. The fourth-order valence-corrected chi connectivity index (χ4v) is 5.51. The molecule has 0 saturated carbocycles. The molecule has 0 bridgehead atoms. The van der Waals surface area contributed by atoms with Crippen LogP contribution in [-0.2, 0) is 10.3 Å². The van der Waals surface area contributed by atoms with E-state index in [1.165, 1.54) is 6.07 Å². The molecule has 0 amide bonds. The Bertz CT molecular complexity index is 1670. The zero-order chi connectivity index (χ0) is 28.2. The molecule has 0 aliphatic heterocycles. The molecule has 0 aliphatic carbocycles. The van der Waals surface area contributed by atoms with Crippen molar-refractivity contribution in [1.82, 2.24) is 9.78 Å². The van der Waals surface area contributed by atoms with Gasteiger partial charge in [-0.2, -0.15) is 5.10 Å². The van der Waals surface area contributed by atoms with Gasteiger partial charge in [0.15, 0.2) is 11.6 Å². The molecule has 0 saturated heterocycles. The molecular formula is C35H30FN3O2. The Morgan fingerprint density at radius 2 is 1.32 bits per heavy atom. The van der Waals surface area contributed by atoms with Crippen molar-refractivity contribution < 1.29 is 13.9 Å². The van der Waals surface area contributed by atoms with Crippen molar-refractivity contribution in [2.45, 2.75) is 5.54 Å². The number of anilines is 1. The number of methoxy groups -OCH3 is 1. The summed E-state index contributed by atoms with van der Waals surface area (Å²) in [7, 11) is 1.58. The SMILES string of the molecule is COCCOc1cc(-c2nn(C(c3ccccc3)(c3ccccc3)c3ccccc3)c3ccc(N)cc23)ccc1F. The molecule has 0 spiro atoms. The quantitative estimate of drug-likeness (QED) is 0.118. The standard InChI is InChI=1S/C35H30FN3O2/c1-40-21-22-41-33-23-25(17-19-31(33)36)34-30-24-29(37)18-20-32(30)39(38-34)35(26-11-5-2-6-12-26,27-13-7-3-8-14-27)28-15-9-4-10-16-28/h2-20,23-24H,21-22,37H2,1H3. The number of ether oxygens (including phenoxy) is 2. The normalized spacial score (nSPS) is 11.6. The van der Waals surface area contributed by atoms with Gasteiger partial charge in [0.25, 0.3) is 0 Å². The van der Waals surface area contributed by atoms with Gasteiger partial charge < -0.3 is 15.2 Å². The van der Waals surface area contributed by atoms with Gasteiger partial charge >= 0.3 is 0 Å². The largest absolute Gasteiger partial charge is 0.488 e. The first kappa shape index (κ1) is 26.3. The van der Waals surface area contributed by atoms with Crippen LogP contribution in [0.5, 0.6) is 5.75 Å². The lowest BCUT2D eigenvalue weighted by atomic mass is 9.77. The molecule has 0 unspecified atom stereocenters. The van der Waals surface area contributed by atoms with Gasteiger partial charge in [-0.05, 0) is 53.1 Å². The van der Waals surface area contributed by atoms with Gasteiger partial charge in [0.2, 0.25) is 0 Å². The first-order valence-electron chi connectivity index (χ1n) is 13.5. The summed E-state index contributed by atoms with van der Waals surface area (Å²) in [6.07, 6.45) is 0. The van der Waals surface area contributed by atoms with Crippen LogP contribution in [0.25, 0.3) is 22.2 Å². The predicted molar refractivity (Wildman–Crippen MR) is 162 cm³/mol. The van der Waals surface area contributed by atoms with E-state index < -0.39 is 11.4 Å². The Morgan fingerprint density at radius 3 is 1.88 bits per heavy atom. The maximum absolute atomic E-state index is 14.7. The van der Waals surface area contributed by atoms with Crippen LogP contribution in [0.4, 0.5) is 10.1 Å². The van der Waals surface area contributed by atoms with Crippen molar-refractivity contribution in [2.24, 2.45) is 0 Å². The highest BCUT2D eigenvalue weighted by atomic mass is 19.1. The van der Waals surface area contributed by atoms with E-state index >= 15 is 0 Å². The van der Waals surface area contributed by atoms with Crippen LogP contribution < -0.4 is 10.5 Å². The number of hydrogen-bond donors (Lipinski definition) is 1. The molecule has 1 aromatic heterocycles. The van der Waals surface area contributed by atoms with Gasteiger partial charge in [-0.15, -0.1) is 0 Å². The van der Waals surface area contributed by atoms with Gasteiger partial charge in [-0.3, -0.25) is 0 Å². The highest BCUT2D eigenvalue weighted by Gasteiger charge is 2.41. The molecule has 5 nitrogen and oxygen atoms in total. The maximum Gasteiger partial charge on any atom is 0.165 e. The summed E-state index contributed by atoms with van der Waals surface area (Å²) >= 11 is 0. The number of halogens is 1. The Labute approximate surface area is 238 Å². The van der Waals surface area contributed by atoms with Crippen molar-refractivity contribution >= 4 is 16.6 Å². The van der Waals surface area contributed by atoms with Crippen molar-refractivity contribution in [3.63, 3.8) is 0 Å². The van der Waals surface area contributed by atoms with E-state index in [-0.39, 0.29) is 12.4 Å². The molecule has 2 N–H and O–H groups in total. The molecule has 1 heterocycles. The Kier molecular flexibility index (Phi) is 7.23. The van der Waals surface area contributed by atoms with E-state index in [9.17, 15) is 4.39 Å². The van der Waals surface area contributed by atoms with Gasteiger partial charge in [0.05, 0.1) is 12.1 Å². The van der Waals surface area contributed by atoms with Crippen molar-refractivity contribution in [3.8, 4) is 17.0 Å². The zero-order valence-electron chi connectivity index (χ0n) is 22.7. The molecule has 204 valence electrons. The molecule has 6 aromatic rings. The Morgan fingerprint density at radius 1 is 0.732 bits per heavy atom. The second-order valence-corrected chi connectivity index (χ2v) is 9.83. The third kappa shape index (κ3) is 4.72. The van der Waals surface area contributed by atoms with E-state index in [0.717, 1.165) is 33.2 Å². The molecule has 0 radical (unpaired) electrons. The summed E-state index contributed by atoms with van der Waals surface area (Å²) < 4.78 is 27.6. The monoisotopic (exact) mass is 543 g/mol. The van der Waals surface area contributed by atoms with Crippen LogP contribution in [-0.4, -0.2) is 30.1 Å². The third-order valence-electron chi connectivity index (χ3n) is 7.35. The summed E-state index contributed by atoms with van der Waals surface area (Å²) in [5.41, 5.74) is 11.5. The molecule has 0 fully saturated rings. The Balaban J connectivity index is 1.68. The van der Waals surface area contributed by atoms with Gasteiger partial charge in [-0.25, -0.2) is 9.07 Å². The van der Waals surface area contributed by atoms with Crippen LogP contribution in [0, 0.1) is 5.82 Å². The number of aromatic nitrogens is 2. The van der Waals surface area contributed by atoms with Crippen LogP contribution in [0.15, 0.2) is 127 Å². The topological polar surface area (TPSA) is 62.3 Å². The van der Waals surface area contributed by atoms with E-state index in [1.807, 2.05) is 72.8 Å². The highest BCUT2D eigenvalue weighted by molar-refractivity contribution is 5.96. The number of nitrogens with two attached hydrogens (primary N) is 1. The minimum absolute atomic E-state index is 0.145. The van der Waals surface area contributed by atoms with Gasteiger partial charge in [0, 0.05) is 23.7 Å². The molecule has 5 aromatic carbocycles. The molecule has 6 rings (SSSR count). The number of hydrogen-bond acceptors (Lipinski definition) is 4. The zero-order valence-corrected chi connectivity index (χ0v) is 22.7. The predicted octanol–water partition coefficient (Wildman–Crippen LogP) is 7.29. The smallest absolute Gasteiger partial charge is 0.165 e. The average Bonchev–Trinajstić information content (AvgIpc) is 3.39. The van der Waals surface area contributed by atoms with Crippen LogP contribution in [0.3, 0.4) is 0 Å². The maximum atomic E-state index is 14.7. The van der Waals surface area contributed by atoms with Crippen molar-refractivity contribution in [2.75, 3.05) is 26.1 Å². The second kappa shape index (κ2) is 11.3.